The molecule has 1 aliphatic rings. The number of benzene rings is 1. The van der Waals surface area contributed by atoms with Crippen LogP contribution in [0.2, 0.25) is 0 Å². The summed E-state index contributed by atoms with van der Waals surface area (Å²) >= 11 is 0. The van der Waals surface area contributed by atoms with Crippen LogP contribution in [0.25, 0.3) is 0 Å². The Kier molecular flexibility index (Phi) is 5.90. The third-order valence-electron chi connectivity index (χ3n) is 4.08. The SMILES string of the molecule is COc1cc(CCN=C(N)N2CCCCCC2)ccc1C. The maximum atomic E-state index is 6.11. The summed E-state index contributed by atoms with van der Waals surface area (Å²) in [6, 6.07) is 6.32. The summed E-state index contributed by atoms with van der Waals surface area (Å²) in [5.74, 6) is 1.65. The van der Waals surface area contributed by atoms with Gasteiger partial charge in [0, 0.05) is 19.6 Å². The van der Waals surface area contributed by atoms with Gasteiger partial charge in [-0.15, -0.1) is 0 Å². The van der Waals surface area contributed by atoms with Crippen molar-refractivity contribution in [3.05, 3.63) is 29.3 Å². The van der Waals surface area contributed by atoms with Crippen LogP contribution in [0.3, 0.4) is 0 Å². The first kappa shape index (κ1) is 15.7. The van der Waals surface area contributed by atoms with Gasteiger partial charge in [0.05, 0.1) is 7.11 Å². The van der Waals surface area contributed by atoms with Gasteiger partial charge in [0.2, 0.25) is 0 Å². The van der Waals surface area contributed by atoms with E-state index in [9.17, 15) is 0 Å². The van der Waals surface area contributed by atoms with Gasteiger partial charge in [0.15, 0.2) is 5.96 Å². The Morgan fingerprint density at radius 1 is 1.24 bits per heavy atom. The summed E-state index contributed by atoms with van der Waals surface area (Å²) in [6.07, 6.45) is 5.97. The lowest BCUT2D eigenvalue weighted by Crippen LogP contribution is -2.38. The summed E-state index contributed by atoms with van der Waals surface area (Å²) < 4.78 is 5.35. The van der Waals surface area contributed by atoms with E-state index in [0.717, 1.165) is 37.4 Å². The molecule has 2 rings (SSSR count). The smallest absolute Gasteiger partial charge is 0.191 e. The molecular formula is C17H27N3O. The molecule has 1 aromatic carbocycles. The number of aliphatic imine (C=N–C) groups is 1. The van der Waals surface area contributed by atoms with Crippen LogP contribution in [0.4, 0.5) is 0 Å². The minimum Gasteiger partial charge on any atom is -0.496 e. The van der Waals surface area contributed by atoms with Gasteiger partial charge in [-0.25, -0.2) is 0 Å². The van der Waals surface area contributed by atoms with Gasteiger partial charge in [-0.3, -0.25) is 4.99 Å². The third-order valence-corrected chi connectivity index (χ3v) is 4.08. The molecule has 0 amide bonds. The summed E-state index contributed by atoms with van der Waals surface area (Å²) in [7, 11) is 1.71. The van der Waals surface area contributed by atoms with Crippen LogP contribution >= 0.6 is 0 Å². The minimum absolute atomic E-state index is 0.705. The van der Waals surface area contributed by atoms with Crippen molar-refractivity contribution in [1.82, 2.24) is 4.90 Å². The number of guanidine groups is 1. The van der Waals surface area contributed by atoms with Gasteiger partial charge in [-0.05, 0) is 43.4 Å². The minimum atomic E-state index is 0.705. The van der Waals surface area contributed by atoms with E-state index in [4.69, 9.17) is 10.5 Å². The first-order chi connectivity index (χ1) is 10.2. The van der Waals surface area contributed by atoms with E-state index in [1.54, 1.807) is 7.11 Å². The monoisotopic (exact) mass is 289 g/mol. The summed E-state index contributed by atoms with van der Waals surface area (Å²) in [5.41, 5.74) is 8.52. The van der Waals surface area contributed by atoms with Crippen molar-refractivity contribution in [2.24, 2.45) is 10.7 Å². The molecule has 21 heavy (non-hydrogen) atoms. The number of aryl methyl sites for hydroxylation is 1. The molecule has 0 saturated carbocycles. The maximum Gasteiger partial charge on any atom is 0.191 e. The van der Waals surface area contributed by atoms with E-state index in [1.807, 2.05) is 0 Å². The van der Waals surface area contributed by atoms with Crippen molar-refractivity contribution in [2.45, 2.75) is 39.0 Å². The quantitative estimate of drug-likeness (QED) is 0.685. The standard InChI is InChI=1S/C17H27N3O/c1-14-7-8-15(13-16(14)21-2)9-10-19-17(18)20-11-5-3-4-6-12-20/h7-8,13H,3-6,9-12H2,1-2H3,(H2,18,19). The second-order valence-corrected chi connectivity index (χ2v) is 5.70. The van der Waals surface area contributed by atoms with Crippen LogP contribution in [-0.4, -0.2) is 37.6 Å². The zero-order chi connectivity index (χ0) is 15.1. The lowest BCUT2D eigenvalue weighted by atomic mass is 10.1. The molecule has 0 aromatic heterocycles. The molecule has 0 aliphatic carbocycles. The number of rotatable bonds is 4. The highest BCUT2D eigenvalue weighted by molar-refractivity contribution is 5.78. The molecule has 0 atom stereocenters. The van der Waals surface area contributed by atoms with Gasteiger partial charge in [-0.1, -0.05) is 25.0 Å². The van der Waals surface area contributed by atoms with E-state index >= 15 is 0 Å². The number of nitrogens with zero attached hydrogens (tertiary/aromatic N) is 2. The zero-order valence-corrected chi connectivity index (χ0v) is 13.3. The summed E-state index contributed by atoms with van der Waals surface area (Å²) in [4.78, 5) is 6.77. The number of likely N-dealkylation sites (tertiary alicyclic amines) is 1. The van der Waals surface area contributed by atoms with Crippen molar-refractivity contribution in [1.29, 1.82) is 0 Å². The van der Waals surface area contributed by atoms with E-state index in [1.165, 1.54) is 31.2 Å². The highest BCUT2D eigenvalue weighted by atomic mass is 16.5. The number of ether oxygens (including phenoxy) is 1. The van der Waals surface area contributed by atoms with E-state index in [0.29, 0.717) is 5.96 Å². The van der Waals surface area contributed by atoms with Crippen LogP contribution in [0, 0.1) is 6.92 Å². The Morgan fingerprint density at radius 2 is 1.95 bits per heavy atom. The number of nitrogens with two attached hydrogens (primary N) is 1. The Morgan fingerprint density at radius 3 is 2.62 bits per heavy atom. The fourth-order valence-corrected chi connectivity index (χ4v) is 2.72. The van der Waals surface area contributed by atoms with Crippen LogP contribution in [0.1, 0.15) is 36.8 Å². The molecule has 1 aromatic rings. The van der Waals surface area contributed by atoms with E-state index in [-0.39, 0.29) is 0 Å². The van der Waals surface area contributed by atoms with Gasteiger partial charge in [-0.2, -0.15) is 0 Å². The second-order valence-electron chi connectivity index (χ2n) is 5.70. The normalized spacial score (nSPS) is 16.7. The average Bonchev–Trinajstić information content (AvgIpc) is 2.78. The molecule has 1 heterocycles. The Hall–Kier alpha value is -1.71. The molecule has 0 unspecified atom stereocenters. The largest absolute Gasteiger partial charge is 0.496 e. The molecule has 0 bridgehead atoms. The highest BCUT2D eigenvalue weighted by Crippen LogP contribution is 2.19. The van der Waals surface area contributed by atoms with Gasteiger partial charge >= 0.3 is 0 Å². The summed E-state index contributed by atoms with van der Waals surface area (Å²) in [6.45, 7) is 4.88. The zero-order valence-electron chi connectivity index (χ0n) is 13.3. The van der Waals surface area contributed by atoms with Crippen LogP contribution < -0.4 is 10.5 Å². The van der Waals surface area contributed by atoms with Crippen LogP contribution in [-0.2, 0) is 6.42 Å². The van der Waals surface area contributed by atoms with Crippen molar-refractivity contribution >= 4 is 5.96 Å². The molecule has 2 N–H and O–H groups in total. The molecular weight excluding hydrogens is 262 g/mol. The lowest BCUT2D eigenvalue weighted by Gasteiger charge is -2.21. The topological polar surface area (TPSA) is 50.9 Å². The molecule has 116 valence electrons. The number of hydrogen-bond donors (Lipinski definition) is 1. The van der Waals surface area contributed by atoms with Crippen molar-refractivity contribution in [3.63, 3.8) is 0 Å². The van der Waals surface area contributed by atoms with E-state index in [2.05, 4.69) is 35.0 Å². The van der Waals surface area contributed by atoms with Gasteiger partial charge in [0.25, 0.3) is 0 Å². The Labute approximate surface area is 128 Å². The Bertz CT molecular complexity index is 477. The van der Waals surface area contributed by atoms with Gasteiger partial charge < -0.3 is 15.4 Å². The predicted molar refractivity (Wildman–Crippen MR) is 88.0 cm³/mol. The second kappa shape index (κ2) is 7.91. The highest BCUT2D eigenvalue weighted by Gasteiger charge is 2.10. The van der Waals surface area contributed by atoms with Crippen molar-refractivity contribution < 1.29 is 4.74 Å². The molecule has 4 nitrogen and oxygen atoms in total. The Balaban J connectivity index is 1.88. The number of methoxy groups -OCH3 is 1. The molecule has 1 fully saturated rings. The number of hydrogen-bond acceptors (Lipinski definition) is 2. The molecule has 0 spiro atoms. The lowest BCUT2D eigenvalue weighted by molar-refractivity contribution is 0.411. The fourth-order valence-electron chi connectivity index (χ4n) is 2.72. The first-order valence-electron chi connectivity index (χ1n) is 7.89. The van der Waals surface area contributed by atoms with E-state index < -0.39 is 0 Å². The fraction of sp³-hybridized carbons (Fsp3) is 0.588. The van der Waals surface area contributed by atoms with Gasteiger partial charge in [0.1, 0.15) is 5.75 Å². The maximum absolute atomic E-state index is 6.11. The summed E-state index contributed by atoms with van der Waals surface area (Å²) in [5, 5.41) is 0. The third kappa shape index (κ3) is 4.66. The van der Waals surface area contributed by atoms with Crippen molar-refractivity contribution in [3.8, 4) is 5.75 Å². The molecule has 1 aliphatic heterocycles. The van der Waals surface area contributed by atoms with Crippen LogP contribution in [0.5, 0.6) is 5.75 Å². The van der Waals surface area contributed by atoms with Crippen LogP contribution in [0.15, 0.2) is 23.2 Å². The predicted octanol–water partition coefficient (Wildman–Crippen LogP) is 2.74. The van der Waals surface area contributed by atoms with Crippen molar-refractivity contribution in [2.75, 3.05) is 26.7 Å². The first-order valence-corrected chi connectivity index (χ1v) is 7.89. The molecule has 0 radical (unpaired) electrons. The average molecular weight is 289 g/mol. The molecule has 4 heteroatoms. The molecule has 1 saturated heterocycles.